The molecule has 0 fully saturated rings. The van der Waals surface area contributed by atoms with Gasteiger partial charge < -0.3 is 15.1 Å². The third-order valence-electron chi connectivity index (χ3n) is 4.69. The SMILES string of the molecule is O=C(NCc1ccco1)c1cccc(NC2=C(Cl)C(=O)N(Cc3ccccc3)C2=O)c1. The molecule has 2 aromatic carbocycles. The summed E-state index contributed by atoms with van der Waals surface area (Å²) in [5.41, 5.74) is 1.63. The lowest BCUT2D eigenvalue weighted by atomic mass is 10.2. The maximum absolute atomic E-state index is 12.8. The Morgan fingerprint density at radius 3 is 2.52 bits per heavy atom. The van der Waals surface area contributed by atoms with E-state index in [9.17, 15) is 14.4 Å². The molecule has 1 aromatic heterocycles. The summed E-state index contributed by atoms with van der Waals surface area (Å²) in [4.78, 5) is 38.8. The molecule has 3 amide bonds. The van der Waals surface area contributed by atoms with Crippen LogP contribution in [0.15, 0.2) is 88.1 Å². The molecule has 0 saturated heterocycles. The van der Waals surface area contributed by atoms with Crippen LogP contribution in [-0.4, -0.2) is 22.6 Å². The van der Waals surface area contributed by atoms with Crippen LogP contribution in [0.1, 0.15) is 21.7 Å². The first-order valence-corrected chi connectivity index (χ1v) is 9.88. The maximum Gasteiger partial charge on any atom is 0.279 e. The molecule has 7 nitrogen and oxygen atoms in total. The zero-order chi connectivity index (χ0) is 21.8. The lowest BCUT2D eigenvalue weighted by Crippen LogP contribution is -2.31. The molecule has 8 heteroatoms. The van der Waals surface area contributed by atoms with Crippen molar-refractivity contribution in [2.24, 2.45) is 0 Å². The number of benzene rings is 2. The first kappa shape index (κ1) is 20.4. The van der Waals surface area contributed by atoms with E-state index in [4.69, 9.17) is 16.0 Å². The van der Waals surface area contributed by atoms with Gasteiger partial charge in [-0.1, -0.05) is 48.0 Å². The molecular formula is C23H18ClN3O4. The van der Waals surface area contributed by atoms with E-state index in [1.807, 2.05) is 30.3 Å². The van der Waals surface area contributed by atoms with Gasteiger partial charge in [0.05, 0.1) is 19.4 Å². The highest BCUT2D eigenvalue weighted by Crippen LogP contribution is 2.27. The quantitative estimate of drug-likeness (QED) is 0.553. The Morgan fingerprint density at radius 1 is 0.968 bits per heavy atom. The van der Waals surface area contributed by atoms with Crippen molar-refractivity contribution < 1.29 is 18.8 Å². The summed E-state index contributed by atoms with van der Waals surface area (Å²) in [6.45, 7) is 0.372. The predicted molar refractivity (Wildman–Crippen MR) is 115 cm³/mol. The van der Waals surface area contributed by atoms with Crippen molar-refractivity contribution in [3.05, 3.63) is 101 Å². The van der Waals surface area contributed by atoms with Crippen molar-refractivity contribution in [3.63, 3.8) is 0 Å². The van der Waals surface area contributed by atoms with Gasteiger partial charge in [-0.15, -0.1) is 0 Å². The molecule has 1 aliphatic rings. The number of rotatable bonds is 7. The van der Waals surface area contributed by atoms with Gasteiger partial charge >= 0.3 is 0 Å². The number of furan rings is 1. The average Bonchev–Trinajstić information content (AvgIpc) is 3.38. The standard InChI is InChI=1S/C23H18ClN3O4/c24-19-20(23(30)27(22(19)29)14-15-6-2-1-3-7-15)26-17-9-4-8-16(12-17)21(28)25-13-18-10-5-11-31-18/h1-12,26H,13-14H2,(H,25,28). The molecule has 0 aliphatic carbocycles. The topological polar surface area (TPSA) is 91.7 Å². The number of anilines is 1. The first-order chi connectivity index (χ1) is 15.0. The molecule has 4 rings (SSSR count). The van der Waals surface area contributed by atoms with Crippen molar-refractivity contribution in [1.29, 1.82) is 0 Å². The van der Waals surface area contributed by atoms with Gasteiger partial charge in [-0.05, 0) is 35.9 Å². The average molecular weight is 436 g/mol. The van der Waals surface area contributed by atoms with E-state index >= 15 is 0 Å². The summed E-state index contributed by atoms with van der Waals surface area (Å²) in [7, 11) is 0. The second kappa shape index (κ2) is 8.89. The second-order valence-corrected chi connectivity index (χ2v) is 7.22. The smallest absolute Gasteiger partial charge is 0.279 e. The van der Waals surface area contributed by atoms with Crippen LogP contribution < -0.4 is 10.6 Å². The van der Waals surface area contributed by atoms with E-state index in [0.717, 1.165) is 10.5 Å². The van der Waals surface area contributed by atoms with Crippen LogP contribution in [0, 0.1) is 0 Å². The van der Waals surface area contributed by atoms with Crippen molar-refractivity contribution >= 4 is 35.0 Å². The number of carbonyl (C=O) groups is 3. The molecule has 0 spiro atoms. The van der Waals surface area contributed by atoms with Crippen LogP contribution in [0.25, 0.3) is 0 Å². The van der Waals surface area contributed by atoms with Crippen LogP contribution in [0.3, 0.4) is 0 Å². The van der Waals surface area contributed by atoms with Crippen LogP contribution in [0.5, 0.6) is 0 Å². The van der Waals surface area contributed by atoms with Gasteiger partial charge in [0.25, 0.3) is 17.7 Å². The van der Waals surface area contributed by atoms with Crippen molar-refractivity contribution in [1.82, 2.24) is 10.2 Å². The molecule has 31 heavy (non-hydrogen) atoms. The largest absolute Gasteiger partial charge is 0.467 e. The molecule has 0 bridgehead atoms. The Balaban J connectivity index is 1.46. The summed E-state index contributed by atoms with van der Waals surface area (Å²) < 4.78 is 5.20. The Morgan fingerprint density at radius 2 is 1.77 bits per heavy atom. The lowest BCUT2D eigenvalue weighted by Gasteiger charge is -2.15. The first-order valence-electron chi connectivity index (χ1n) is 9.50. The van der Waals surface area contributed by atoms with Crippen LogP contribution in [0.4, 0.5) is 5.69 Å². The molecule has 0 radical (unpaired) electrons. The van der Waals surface area contributed by atoms with Crippen LogP contribution in [-0.2, 0) is 22.7 Å². The molecule has 3 aromatic rings. The van der Waals surface area contributed by atoms with Gasteiger partial charge in [0, 0.05) is 11.3 Å². The summed E-state index contributed by atoms with van der Waals surface area (Å²) in [5.74, 6) is -0.760. The zero-order valence-electron chi connectivity index (χ0n) is 16.3. The number of halogens is 1. The summed E-state index contributed by atoms with van der Waals surface area (Å²) >= 11 is 6.16. The number of amides is 3. The number of nitrogens with one attached hydrogen (secondary N) is 2. The fraction of sp³-hybridized carbons (Fsp3) is 0.0870. The summed E-state index contributed by atoms with van der Waals surface area (Å²) in [5, 5.41) is 5.46. The Labute approximate surface area is 183 Å². The molecule has 1 aliphatic heterocycles. The van der Waals surface area contributed by atoms with Gasteiger partial charge in [0.1, 0.15) is 16.5 Å². The predicted octanol–water partition coefficient (Wildman–Crippen LogP) is 3.64. The third kappa shape index (κ3) is 4.51. The highest BCUT2D eigenvalue weighted by Gasteiger charge is 2.37. The Hall–Kier alpha value is -3.84. The number of hydrogen-bond acceptors (Lipinski definition) is 5. The molecule has 156 valence electrons. The van der Waals surface area contributed by atoms with E-state index in [1.54, 1.807) is 36.4 Å². The third-order valence-corrected chi connectivity index (χ3v) is 5.04. The van der Waals surface area contributed by atoms with Crippen LogP contribution >= 0.6 is 11.6 Å². The van der Waals surface area contributed by atoms with E-state index in [1.165, 1.54) is 6.26 Å². The minimum Gasteiger partial charge on any atom is -0.467 e. The monoisotopic (exact) mass is 435 g/mol. The number of hydrogen-bond donors (Lipinski definition) is 2. The minimum absolute atomic E-state index is 0.0178. The maximum atomic E-state index is 12.8. The summed E-state index contributed by atoms with van der Waals surface area (Å²) in [6, 6.07) is 19.2. The van der Waals surface area contributed by atoms with Gasteiger partial charge in [-0.25, -0.2) is 0 Å². The van der Waals surface area contributed by atoms with E-state index in [0.29, 0.717) is 17.0 Å². The minimum atomic E-state index is -0.564. The fourth-order valence-corrected chi connectivity index (χ4v) is 3.36. The number of carbonyl (C=O) groups excluding carboxylic acids is 3. The summed E-state index contributed by atoms with van der Waals surface area (Å²) in [6.07, 6.45) is 1.53. The molecule has 2 heterocycles. The van der Waals surface area contributed by atoms with Crippen molar-refractivity contribution in [2.75, 3.05) is 5.32 Å². The highest BCUT2D eigenvalue weighted by atomic mass is 35.5. The zero-order valence-corrected chi connectivity index (χ0v) is 17.1. The van der Waals surface area contributed by atoms with Crippen LogP contribution in [0.2, 0.25) is 0 Å². The van der Waals surface area contributed by atoms with E-state index in [-0.39, 0.29) is 29.7 Å². The van der Waals surface area contributed by atoms with Crippen molar-refractivity contribution in [2.45, 2.75) is 13.1 Å². The van der Waals surface area contributed by atoms with E-state index < -0.39 is 11.8 Å². The molecule has 2 N–H and O–H groups in total. The second-order valence-electron chi connectivity index (χ2n) is 6.84. The number of imide groups is 1. The normalized spacial score (nSPS) is 13.6. The Bertz CT molecular complexity index is 1160. The molecule has 0 saturated carbocycles. The van der Waals surface area contributed by atoms with Gasteiger partial charge in [-0.3, -0.25) is 19.3 Å². The van der Waals surface area contributed by atoms with Crippen molar-refractivity contribution in [3.8, 4) is 0 Å². The highest BCUT2D eigenvalue weighted by molar-refractivity contribution is 6.48. The van der Waals surface area contributed by atoms with Gasteiger partial charge in [0.2, 0.25) is 0 Å². The number of nitrogens with zero attached hydrogens (tertiary/aromatic N) is 1. The van der Waals surface area contributed by atoms with E-state index in [2.05, 4.69) is 10.6 Å². The van der Waals surface area contributed by atoms with Gasteiger partial charge in [-0.2, -0.15) is 0 Å². The van der Waals surface area contributed by atoms with Gasteiger partial charge in [0.15, 0.2) is 0 Å². The Kier molecular flexibility index (Phi) is 5.86. The fourth-order valence-electron chi connectivity index (χ4n) is 3.13. The molecular weight excluding hydrogens is 418 g/mol. The molecule has 0 atom stereocenters. The lowest BCUT2D eigenvalue weighted by molar-refractivity contribution is -0.138. The molecule has 0 unspecified atom stereocenters.